The number of benzene rings is 2. The molecule has 0 saturated heterocycles. The van der Waals surface area contributed by atoms with Crippen molar-refractivity contribution in [1.29, 1.82) is 0 Å². The molecule has 0 atom stereocenters. The van der Waals surface area contributed by atoms with Crippen LogP contribution in [0.1, 0.15) is 16.8 Å². The van der Waals surface area contributed by atoms with Crippen LogP contribution in [-0.4, -0.2) is 47.8 Å². The van der Waals surface area contributed by atoms with E-state index in [9.17, 15) is 21.6 Å². The van der Waals surface area contributed by atoms with Gasteiger partial charge in [0.1, 0.15) is 11.5 Å². The van der Waals surface area contributed by atoms with Gasteiger partial charge in [-0.1, -0.05) is 18.2 Å². The standard InChI is InChI=1S/C26H25F3N4O4S/c1-32-16-25(31-17-32)24-13-23(38(34,35)33(2)15-18-4-8-21(36-3)9-5-18)11-6-19(24)12-20-7-10-22(14-30-20)37-26(27,28)29/h4-11,13-14,16-17H,12,15H2,1-3H3. The van der Waals surface area contributed by atoms with E-state index in [1.165, 1.54) is 29.6 Å². The molecular weight excluding hydrogens is 521 g/mol. The molecule has 0 unspecified atom stereocenters. The smallest absolute Gasteiger partial charge is 0.497 e. The Hall–Kier alpha value is -3.90. The molecule has 2 heterocycles. The van der Waals surface area contributed by atoms with Gasteiger partial charge in [-0.2, -0.15) is 4.31 Å². The minimum absolute atomic E-state index is 0.0831. The number of pyridine rings is 1. The summed E-state index contributed by atoms with van der Waals surface area (Å²) in [6.45, 7) is 0.156. The summed E-state index contributed by atoms with van der Waals surface area (Å²) in [5.41, 5.74) is 3.10. The SMILES string of the molecule is COc1ccc(CN(C)S(=O)(=O)c2ccc(Cc3ccc(OC(F)(F)F)cn3)c(-c3cn(C)cn3)c2)cc1. The Kier molecular flexibility index (Phi) is 7.74. The zero-order valence-electron chi connectivity index (χ0n) is 20.8. The maximum atomic E-state index is 13.4. The molecule has 2 aromatic heterocycles. The van der Waals surface area contributed by atoms with E-state index < -0.39 is 22.1 Å². The molecule has 0 amide bonds. The molecule has 2 aromatic carbocycles. The van der Waals surface area contributed by atoms with Crippen molar-refractivity contribution >= 4 is 10.0 Å². The first-order valence-corrected chi connectivity index (χ1v) is 12.8. The zero-order valence-corrected chi connectivity index (χ0v) is 21.6. The second-order valence-electron chi connectivity index (χ2n) is 8.56. The van der Waals surface area contributed by atoms with Crippen molar-refractivity contribution in [3.8, 4) is 22.8 Å². The monoisotopic (exact) mass is 546 g/mol. The molecule has 0 aliphatic rings. The summed E-state index contributed by atoms with van der Waals surface area (Å²) in [6.07, 6.45) is -0.227. The molecule has 8 nitrogen and oxygen atoms in total. The molecule has 4 aromatic rings. The molecule has 0 bridgehead atoms. The molecule has 4 rings (SSSR count). The largest absolute Gasteiger partial charge is 0.573 e. The van der Waals surface area contributed by atoms with Gasteiger partial charge in [0.15, 0.2) is 0 Å². The molecule has 0 radical (unpaired) electrons. The van der Waals surface area contributed by atoms with Crippen LogP contribution in [0.5, 0.6) is 11.5 Å². The van der Waals surface area contributed by atoms with Crippen LogP contribution in [0.25, 0.3) is 11.3 Å². The topological polar surface area (TPSA) is 86.5 Å². The Morgan fingerprint density at radius 2 is 1.71 bits per heavy atom. The number of methoxy groups -OCH3 is 1. The number of sulfonamides is 1. The number of hydrogen-bond acceptors (Lipinski definition) is 6. The van der Waals surface area contributed by atoms with Crippen molar-refractivity contribution in [2.75, 3.05) is 14.2 Å². The van der Waals surface area contributed by atoms with Crippen molar-refractivity contribution in [2.24, 2.45) is 7.05 Å². The Morgan fingerprint density at radius 3 is 2.29 bits per heavy atom. The van der Waals surface area contributed by atoms with Gasteiger partial charge in [-0.15, -0.1) is 13.2 Å². The highest BCUT2D eigenvalue weighted by molar-refractivity contribution is 7.89. The lowest BCUT2D eigenvalue weighted by atomic mass is 10.0. The van der Waals surface area contributed by atoms with Gasteiger partial charge in [-0.05, 0) is 47.5 Å². The van der Waals surface area contributed by atoms with Crippen molar-refractivity contribution in [3.63, 3.8) is 0 Å². The number of ether oxygens (including phenoxy) is 2. The molecule has 0 aliphatic carbocycles. The van der Waals surface area contributed by atoms with Gasteiger partial charge < -0.3 is 14.0 Å². The van der Waals surface area contributed by atoms with Crippen LogP contribution in [-0.2, 0) is 30.0 Å². The normalized spacial score (nSPS) is 12.1. The zero-order chi connectivity index (χ0) is 27.5. The van der Waals surface area contributed by atoms with Gasteiger partial charge in [-0.25, -0.2) is 13.4 Å². The predicted octanol–water partition coefficient (Wildman–Crippen LogP) is 4.80. The van der Waals surface area contributed by atoms with Crippen molar-refractivity contribution < 1.29 is 31.1 Å². The average molecular weight is 547 g/mol. The van der Waals surface area contributed by atoms with E-state index in [1.54, 1.807) is 67.6 Å². The Bertz CT molecular complexity index is 1500. The van der Waals surface area contributed by atoms with Crippen LogP contribution in [0, 0.1) is 0 Å². The van der Waals surface area contributed by atoms with E-state index in [-0.39, 0.29) is 17.9 Å². The lowest BCUT2D eigenvalue weighted by Gasteiger charge is -2.19. The quantitative estimate of drug-likeness (QED) is 0.300. The summed E-state index contributed by atoms with van der Waals surface area (Å²) in [4.78, 5) is 8.53. The van der Waals surface area contributed by atoms with Crippen molar-refractivity contribution in [1.82, 2.24) is 18.8 Å². The van der Waals surface area contributed by atoms with E-state index in [0.717, 1.165) is 11.8 Å². The van der Waals surface area contributed by atoms with Crippen LogP contribution in [0.4, 0.5) is 13.2 Å². The minimum atomic E-state index is -4.81. The van der Waals surface area contributed by atoms with Gasteiger partial charge in [0.25, 0.3) is 0 Å². The summed E-state index contributed by atoms with van der Waals surface area (Å²) < 4.78 is 76.3. The van der Waals surface area contributed by atoms with Gasteiger partial charge >= 0.3 is 6.36 Å². The predicted molar refractivity (Wildman–Crippen MR) is 134 cm³/mol. The van der Waals surface area contributed by atoms with E-state index >= 15 is 0 Å². The fourth-order valence-corrected chi connectivity index (χ4v) is 5.00. The summed E-state index contributed by atoms with van der Waals surface area (Å²) in [5, 5.41) is 0. The maximum absolute atomic E-state index is 13.4. The highest BCUT2D eigenvalue weighted by Crippen LogP contribution is 2.29. The first-order valence-electron chi connectivity index (χ1n) is 11.4. The first kappa shape index (κ1) is 27.1. The Morgan fingerprint density at radius 1 is 1.00 bits per heavy atom. The maximum Gasteiger partial charge on any atom is 0.573 e. The molecule has 0 N–H and O–H groups in total. The number of nitrogens with zero attached hydrogens (tertiary/aromatic N) is 4. The number of aromatic nitrogens is 3. The fraction of sp³-hybridized carbons (Fsp3) is 0.231. The molecular formula is C26H25F3N4O4S. The number of halogens is 3. The van der Waals surface area contributed by atoms with Gasteiger partial charge in [0.2, 0.25) is 10.0 Å². The third-order valence-electron chi connectivity index (χ3n) is 5.74. The molecule has 0 aliphatic heterocycles. The van der Waals surface area contributed by atoms with Crippen LogP contribution >= 0.6 is 0 Å². The molecule has 38 heavy (non-hydrogen) atoms. The van der Waals surface area contributed by atoms with Crippen LogP contribution < -0.4 is 9.47 Å². The second kappa shape index (κ2) is 10.8. The summed E-state index contributed by atoms with van der Waals surface area (Å²) in [5.74, 6) is 0.249. The lowest BCUT2D eigenvalue weighted by Crippen LogP contribution is -2.26. The summed E-state index contributed by atoms with van der Waals surface area (Å²) in [6, 6.07) is 14.5. The molecule has 200 valence electrons. The number of alkyl halides is 3. The van der Waals surface area contributed by atoms with Crippen LogP contribution in [0.15, 0.2) is 78.2 Å². The second-order valence-corrected chi connectivity index (χ2v) is 10.6. The molecule has 0 fully saturated rings. The van der Waals surface area contributed by atoms with Crippen molar-refractivity contribution in [2.45, 2.75) is 24.2 Å². The summed E-state index contributed by atoms with van der Waals surface area (Å²) >= 11 is 0. The molecule has 0 saturated carbocycles. The lowest BCUT2D eigenvalue weighted by molar-refractivity contribution is -0.274. The van der Waals surface area contributed by atoms with E-state index in [4.69, 9.17) is 4.74 Å². The van der Waals surface area contributed by atoms with Crippen LogP contribution in [0.3, 0.4) is 0 Å². The summed E-state index contributed by atoms with van der Waals surface area (Å²) in [7, 11) is 0.991. The Balaban J connectivity index is 1.63. The third kappa shape index (κ3) is 6.50. The number of imidazole rings is 1. The van der Waals surface area contributed by atoms with Gasteiger partial charge in [-0.3, -0.25) is 4.98 Å². The first-order chi connectivity index (χ1) is 17.9. The third-order valence-corrected chi connectivity index (χ3v) is 7.54. The number of aryl methyl sites for hydroxylation is 1. The highest BCUT2D eigenvalue weighted by Gasteiger charge is 2.31. The number of hydrogen-bond donors (Lipinski definition) is 0. The van der Waals surface area contributed by atoms with E-state index in [0.29, 0.717) is 28.3 Å². The fourth-order valence-electron chi connectivity index (χ4n) is 3.82. The van der Waals surface area contributed by atoms with E-state index in [1.807, 2.05) is 0 Å². The van der Waals surface area contributed by atoms with Crippen LogP contribution in [0.2, 0.25) is 0 Å². The van der Waals surface area contributed by atoms with Crippen molar-refractivity contribution in [3.05, 3.63) is 90.1 Å². The van der Waals surface area contributed by atoms with Gasteiger partial charge in [0, 0.05) is 44.5 Å². The van der Waals surface area contributed by atoms with E-state index in [2.05, 4.69) is 14.7 Å². The molecule has 12 heteroatoms. The number of rotatable bonds is 9. The van der Waals surface area contributed by atoms with Gasteiger partial charge in [0.05, 0.1) is 30.2 Å². The highest BCUT2D eigenvalue weighted by atomic mass is 32.2. The average Bonchev–Trinajstić information content (AvgIpc) is 3.31. The minimum Gasteiger partial charge on any atom is -0.497 e. The molecule has 0 spiro atoms. The Labute approximate surface area is 218 Å².